The van der Waals surface area contributed by atoms with Crippen molar-refractivity contribution in [2.75, 3.05) is 6.61 Å². The van der Waals surface area contributed by atoms with Crippen LogP contribution in [0.4, 0.5) is 0 Å². The highest BCUT2D eigenvalue weighted by molar-refractivity contribution is 5.55. The quantitative estimate of drug-likeness (QED) is 0.868. The van der Waals surface area contributed by atoms with Gasteiger partial charge in [-0.3, -0.25) is 0 Å². The topological polar surface area (TPSA) is 58.9 Å². The van der Waals surface area contributed by atoms with Crippen molar-refractivity contribution in [1.82, 2.24) is 0 Å². The molecule has 2 heterocycles. The fraction of sp³-hybridized carbons (Fsp3) is 0.600. The van der Waals surface area contributed by atoms with Crippen LogP contribution < -0.4 is 4.74 Å². The van der Waals surface area contributed by atoms with E-state index in [1.54, 1.807) is 0 Å². The molecule has 2 N–H and O–H groups in total. The van der Waals surface area contributed by atoms with Crippen molar-refractivity contribution < 1.29 is 19.7 Å². The van der Waals surface area contributed by atoms with Gasteiger partial charge in [0.05, 0.1) is 13.2 Å². The summed E-state index contributed by atoms with van der Waals surface area (Å²) in [6, 6.07) is 2.17. The van der Waals surface area contributed by atoms with E-state index >= 15 is 0 Å². The molecule has 4 heteroatoms. The average Bonchev–Trinajstić information content (AvgIpc) is 2.86. The van der Waals surface area contributed by atoms with Gasteiger partial charge in [0.15, 0.2) is 6.10 Å². The van der Waals surface area contributed by atoms with E-state index in [1.165, 1.54) is 11.1 Å². The van der Waals surface area contributed by atoms with E-state index in [-0.39, 0.29) is 12.7 Å². The lowest BCUT2D eigenvalue weighted by Gasteiger charge is -2.34. The molecule has 1 aromatic carbocycles. The zero-order valence-corrected chi connectivity index (χ0v) is 11.3. The van der Waals surface area contributed by atoms with Gasteiger partial charge in [0.25, 0.3) is 0 Å². The van der Waals surface area contributed by atoms with Gasteiger partial charge in [0.1, 0.15) is 18.0 Å². The van der Waals surface area contributed by atoms with Crippen LogP contribution in [0.5, 0.6) is 5.75 Å². The number of ether oxygens (including phenoxy) is 2. The van der Waals surface area contributed by atoms with Gasteiger partial charge < -0.3 is 19.7 Å². The monoisotopic (exact) mass is 264 g/mol. The maximum Gasteiger partial charge on any atom is 0.150 e. The summed E-state index contributed by atoms with van der Waals surface area (Å²) in [6.07, 6.45) is 0.0835. The summed E-state index contributed by atoms with van der Waals surface area (Å²) in [6.45, 7) is 4.55. The van der Waals surface area contributed by atoms with Gasteiger partial charge in [-0.25, -0.2) is 0 Å². The second-order valence-electron chi connectivity index (χ2n) is 5.18. The Balaban J connectivity index is 2.18. The van der Waals surface area contributed by atoms with Gasteiger partial charge in [-0.05, 0) is 29.5 Å². The van der Waals surface area contributed by atoms with Gasteiger partial charge in [-0.15, -0.1) is 0 Å². The Morgan fingerprint density at radius 2 is 2.11 bits per heavy atom. The molecule has 2 aliphatic heterocycles. The van der Waals surface area contributed by atoms with E-state index < -0.39 is 12.2 Å². The molecule has 2 aliphatic rings. The molecule has 0 amide bonds. The highest BCUT2D eigenvalue weighted by atomic mass is 16.5. The molecule has 0 fully saturated rings. The first-order valence-electron chi connectivity index (χ1n) is 6.95. The Hall–Kier alpha value is -1.10. The summed E-state index contributed by atoms with van der Waals surface area (Å²) in [5, 5.41) is 19.6. The fourth-order valence-corrected chi connectivity index (χ4v) is 3.19. The smallest absolute Gasteiger partial charge is 0.150 e. The number of aliphatic hydroxyl groups is 2. The molecular weight excluding hydrogens is 244 g/mol. The minimum absolute atomic E-state index is 0.199. The Morgan fingerprint density at radius 3 is 2.74 bits per heavy atom. The van der Waals surface area contributed by atoms with Crippen molar-refractivity contribution in [3.8, 4) is 5.75 Å². The SMILES string of the molecule is CCc1cc2c3c(c1CC)O[C@H](CO)[C@@H](O)[C@@H]3OC2. The zero-order valence-electron chi connectivity index (χ0n) is 11.3. The lowest BCUT2D eigenvalue weighted by Crippen LogP contribution is -2.43. The minimum atomic E-state index is -0.795. The maximum atomic E-state index is 10.2. The molecule has 0 bridgehead atoms. The summed E-state index contributed by atoms with van der Waals surface area (Å²) in [5.41, 5.74) is 4.56. The van der Waals surface area contributed by atoms with E-state index in [4.69, 9.17) is 9.47 Å². The Morgan fingerprint density at radius 1 is 1.32 bits per heavy atom. The van der Waals surface area contributed by atoms with Crippen LogP contribution in [0.2, 0.25) is 0 Å². The number of aryl methyl sites for hydroxylation is 1. The predicted octanol–water partition coefficient (Wildman–Crippen LogP) is 1.50. The number of hydrogen-bond acceptors (Lipinski definition) is 4. The molecular formula is C15H20O4. The molecule has 0 unspecified atom stereocenters. The Bertz CT molecular complexity index is 497. The first kappa shape index (κ1) is 12.9. The molecule has 1 aromatic rings. The minimum Gasteiger partial charge on any atom is -0.484 e. The van der Waals surface area contributed by atoms with Crippen LogP contribution in [0, 0.1) is 0 Å². The number of hydrogen-bond donors (Lipinski definition) is 2. The third kappa shape index (κ3) is 1.78. The van der Waals surface area contributed by atoms with E-state index in [9.17, 15) is 10.2 Å². The van der Waals surface area contributed by atoms with Crippen molar-refractivity contribution >= 4 is 0 Å². The number of rotatable bonds is 3. The standard InChI is InChI=1S/C15H20O4/c1-3-8-5-9-7-18-15-12(9)14(10(8)4-2)19-11(6-16)13(15)17/h5,11,13,15-17H,3-4,6-7H2,1-2H3/t11-,13-,15-/m1/s1. The molecule has 0 saturated heterocycles. The highest BCUT2D eigenvalue weighted by Crippen LogP contribution is 2.47. The number of benzene rings is 1. The van der Waals surface area contributed by atoms with Gasteiger partial charge in [-0.2, -0.15) is 0 Å². The van der Waals surface area contributed by atoms with Crippen LogP contribution >= 0.6 is 0 Å². The largest absolute Gasteiger partial charge is 0.484 e. The highest BCUT2D eigenvalue weighted by Gasteiger charge is 2.43. The van der Waals surface area contributed by atoms with Crippen molar-refractivity contribution in [2.24, 2.45) is 0 Å². The molecule has 104 valence electrons. The van der Waals surface area contributed by atoms with Crippen molar-refractivity contribution in [3.63, 3.8) is 0 Å². The molecule has 3 atom stereocenters. The van der Waals surface area contributed by atoms with Crippen molar-refractivity contribution in [3.05, 3.63) is 28.3 Å². The first-order valence-corrected chi connectivity index (χ1v) is 6.95. The first-order chi connectivity index (χ1) is 9.21. The third-order valence-electron chi connectivity index (χ3n) is 4.18. The van der Waals surface area contributed by atoms with E-state index in [1.807, 2.05) is 0 Å². The van der Waals surface area contributed by atoms with Crippen LogP contribution in [-0.2, 0) is 24.2 Å². The summed E-state index contributed by atoms with van der Waals surface area (Å²) in [7, 11) is 0. The average molecular weight is 264 g/mol. The van der Waals surface area contributed by atoms with E-state index in [0.717, 1.165) is 29.7 Å². The lowest BCUT2D eigenvalue weighted by atomic mass is 9.88. The van der Waals surface area contributed by atoms with E-state index in [0.29, 0.717) is 6.61 Å². The second-order valence-corrected chi connectivity index (χ2v) is 5.18. The summed E-state index contributed by atoms with van der Waals surface area (Å²) in [5.74, 6) is 0.837. The van der Waals surface area contributed by atoms with Gasteiger partial charge in [0, 0.05) is 5.56 Å². The van der Waals surface area contributed by atoms with E-state index in [2.05, 4.69) is 19.9 Å². The summed E-state index contributed by atoms with van der Waals surface area (Å²) in [4.78, 5) is 0. The van der Waals surface area contributed by atoms with Crippen molar-refractivity contribution in [2.45, 2.75) is 51.6 Å². The fourth-order valence-electron chi connectivity index (χ4n) is 3.19. The summed E-state index contributed by atoms with van der Waals surface area (Å²) < 4.78 is 11.6. The molecule has 3 rings (SSSR count). The molecule has 0 spiro atoms. The van der Waals surface area contributed by atoms with Gasteiger partial charge in [-0.1, -0.05) is 19.9 Å². The van der Waals surface area contributed by atoms with Crippen LogP contribution in [0.25, 0.3) is 0 Å². The predicted molar refractivity (Wildman–Crippen MR) is 70.2 cm³/mol. The maximum absolute atomic E-state index is 10.2. The van der Waals surface area contributed by atoms with Crippen molar-refractivity contribution in [1.29, 1.82) is 0 Å². The zero-order chi connectivity index (χ0) is 13.6. The molecule has 0 radical (unpaired) electrons. The van der Waals surface area contributed by atoms with Crippen LogP contribution in [0.1, 0.15) is 42.2 Å². The van der Waals surface area contributed by atoms with Gasteiger partial charge in [0.2, 0.25) is 0 Å². The molecule has 0 saturated carbocycles. The Labute approximate surface area is 113 Å². The number of aliphatic hydroxyl groups excluding tert-OH is 2. The molecule has 0 aromatic heterocycles. The van der Waals surface area contributed by atoms with Crippen LogP contribution in [0.3, 0.4) is 0 Å². The Kier molecular flexibility index (Phi) is 3.25. The normalized spacial score (nSPS) is 28.1. The molecule has 0 aliphatic carbocycles. The second kappa shape index (κ2) is 4.78. The lowest BCUT2D eigenvalue weighted by molar-refractivity contribution is -0.103. The molecule has 19 heavy (non-hydrogen) atoms. The van der Waals surface area contributed by atoms with Crippen LogP contribution in [-0.4, -0.2) is 29.0 Å². The van der Waals surface area contributed by atoms with Gasteiger partial charge >= 0.3 is 0 Å². The summed E-state index contributed by atoms with van der Waals surface area (Å²) >= 11 is 0. The third-order valence-corrected chi connectivity index (χ3v) is 4.18. The van der Waals surface area contributed by atoms with Crippen LogP contribution in [0.15, 0.2) is 6.07 Å². The molecule has 4 nitrogen and oxygen atoms in total.